The van der Waals surface area contributed by atoms with E-state index < -0.39 is 9.84 Å². The van der Waals surface area contributed by atoms with Gasteiger partial charge < -0.3 is 10.6 Å². The van der Waals surface area contributed by atoms with Gasteiger partial charge in [-0.2, -0.15) is 0 Å². The van der Waals surface area contributed by atoms with Crippen LogP contribution in [0.25, 0.3) is 0 Å². The zero-order valence-electron chi connectivity index (χ0n) is 12.5. The van der Waals surface area contributed by atoms with Crippen molar-refractivity contribution in [2.75, 3.05) is 11.1 Å². The molecule has 0 aromatic heterocycles. The number of rotatable bonds is 5. The Hall–Kier alpha value is -1.07. The van der Waals surface area contributed by atoms with Crippen molar-refractivity contribution < 1.29 is 8.42 Å². The summed E-state index contributed by atoms with van der Waals surface area (Å²) in [7, 11) is -3.11. The Morgan fingerprint density at radius 2 is 1.76 bits per heavy atom. The number of fused-ring (bicyclic) bond motifs is 2. The minimum Gasteiger partial charge on any atom is -0.382 e. The summed E-state index contributed by atoms with van der Waals surface area (Å²) in [5.41, 5.74) is 1.02. The smallest absolute Gasteiger partial charge is 0.178 e. The summed E-state index contributed by atoms with van der Waals surface area (Å²) >= 11 is 0. The van der Waals surface area contributed by atoms with Crippen molar-refractivity contribution in [3.8, 4) is 0 Å². The molecular formula is C16H24N2O2S. The predicted molar refractivity (Wildman–Crippen MR) is 85.4 cm³/mol. The molecular weight excluding hydrogens is 284 g/mol. The lowest BCUT2D eigenvalue weighted by Crippen LogP contribution is -2.43. The number of nitrogens with one attached hydrogen (secondary N) is 2. The largest absolute Gasteiger partial charge is 0.382 e. The zero-order chi connectivity index (χ0) is 14.9. The Morgan fingerprint density at radius 1 is 1.14 bits per heavy atom. The van der Waals surface area contributed by atoms with Gasteiger partial charge in [0.1, 0.15) is 0 Å². The summed E-state index contributed by atoms with van der Waals surface area (Å²) in [4.78, 5) is 0.431. The van der Waals surface area contributed by atoms with Crippen LogP contribution in [0, 0.1) is 0 Å². The van der Waals surface area contributed by atoms with Crippen LogP contribution in [0.3, 0.4) is 0 Å². The first-order chi connectivity index (χ1) is 10.1. The van der Waals surface area contributed by atoms with E-state index in [1.807, 2.05) is 19.1 Å². The van der Waals surface area contributed by atoms with Gasteiger partial charge in [-0.15, -0.1) is 0 Å². The highest BCUT2D eigenvalue weighted by Gasteiger charge is 2.33. The van der Waals surface area contributed by atoms with Crippen LogP contribution < -0.4 is 10.6 Å². The number of hydrogen-bond acceptors (Lipinski definition) is 4. The van der Waals surface area contributed by atoms with E-state index in [1.54, 1.807) is 12.1 Å². The van der Waals surface area contributed by atoms with Crippen molar-refractivity contribution in [3.63, 3.8) is 0 Å². The maximum atomic E-state index is 12.0. The Morgan fingerprint density at radius 3 is 2.33 bits per heavy atom. The maximum absolute atomic E-state index is 12.0. The fraction of sp³-hybridized carbons (Fsp3) is 0.625. The lowest BCUT2D eigenvalue weighted by Gasteiger charge is -2.30. The van der Waals surface area contributed by atoms with Crippen molar-refractivity contribution in [2.24, 2.45) is 0 Å². The number of sulfone groups is 1. The number of anilines is 1. The highest BCUT2D eigenvalue weighted by Crippen LogP contribution is 2.29. The average Bonchev–Trinajstić information content (AvgIpc) is 2.78. The van der Waals surface area contributed by atoms with E-state index in [9.17, 15) is 8.42 Å². The van der Waals surface area contributed by atoms with Gasteiger partial charge in [0, 0.05) is 23.8 Å². The summed E-state index contributed by atoms with van der Waals surface area (Å²) in [6.45, 7) is 1.89. The molecule has 2 aliphatic heterocycles. The Bertz CT molecular complexity index is 571. The molecule has 2 saturated heterocycles. The summed E-state index contributed by atoms with van der Waals surface area (Å²) in [6, 6.07) is 9.06. The van der Waals surface area contributed by atoms with Crippen molar-refractivity contribution in [2.45, 2.75) is 62.0 Å². The molecule has 0 saturated carbocycles. The number of hydrogen-bond donors (Lipinski definition) is 2. The van der Waals surface area contributed by atoms with Crippen LogP contribution in [0.2, 0.25) is 0 Å². The van der Waals surface area contributed by atoms with Crippen LogP contribution in [0.4, 0.5) is 5.69 Å². The van der Waals surface area contributed by atoms with Crippen molar-refractivity contribution in [3.05, 3.63) is 24.3 Å². The molecule has 0 radical (unpaired) electrons. The highest BCUT2D eigenvalue weighted by molar-refractivity contribution is 7.91. The van der Waals surface area contributed by atoms with Crippen LogP contribution in [-0.4, -0.2) is 32.3 Å². The van der Waals surface area contributed by atoms with Crippen molar-refractivity contribution >= 4 is 15.5 Å². The topological polar surface area (TPSA) is 58.2 Å². The molecule has 5 heteroatoms. The molecule has 116 valence electrons. The molecule has 21 heavy (non-hydrogen) atoms. The molecule has 0 amide bonds. The number of piperidine rings is 1. The molecule has 2 bridgehead atoms. The molecule has 2 atom stereocenters. The lowest BCUT2D eigenvalue weighted by atomic mass is 9.99. The van der Waals surface area contributed by atoms with Gasteiger partial charge in [-0.25, -0.2) is 8.42 Å². The van der Waals surface area contributed by atoms with Gasteiger partial charge in [-0.05, 0) is 56.4 Å². The summed E-state index contributed by atoms with van der Waals surface area (Å²) < 4.78 is 24.0. The maximum Gasteiger partial charge on any atom is 0.178 e. The minimum atomic E-state index is -3.11. The fourth-order valence-electron chi connectivity index (χ4n) is 3.56. The molecule has 0 spiro atoms. The molecule has 3 rings (SSSR count). The van der Waals surface area contributed by atoms with Crippen LogP contribution >= 0.6 is 0 Å². The average molecular weight is 308 g/mol. The monoisotopic (exact) mass is 308 g/mol. The normalized spacial score (nSPS) is 28.5. The van der Waals surface area contributed by atoms with E-state index in [4.69, 9.17) is 0 Å². The van der Waals surface area contributed by atoms with Gasteiger partial charge in [0.25, 0.3) is 0 Å². The summed E-state index contributed by atoms with van der Waals surface area (Å²) in [5.74, 6) is 0.220. The van der Waals surface area contributed by atoms with Gasteiger partial charge in [0.2, 0.25) is 0 Å². The van der Waals surface area contributed by atoms with Gasteiger partial charge in [-0.3, -0.25) is 0 Å². The second-order valence-electron chi connectivity index (χ2n) is 6.29. The highest BCUT2D eigenvalue weighted by atomic mass is 32.2. The second kappa shape index (κ2) is 5.97. The molecule has 2 fully saturated rings. The van der Waals surface area contributed by atoms with Crippen LogP contribution in [-0.2, 0) is 9.84 Å². The SMILES string of the molecule is CCCS(=O)(=O)c1ccc(NC2CC3CCC(C2)N3)cc1. The van der Waals surface area contributed by atoms with Crippen LogP contribution in [0.1, 0.15) is 39.0 Å². The van der Waals surface area contributed by atoms with Crippen molar-refractivity contribution in [1.82, 2.24) is 5.32 Å². The minimum absolute atomic E-state index is 0.220. The first-order valence-electron chi connectivity index (χ1n) is 7.92. The first kappa shape index (κ1) is 14.9. The third-order valence-corrected chi connectivity index (χ3v) is 6.47. The Labute approximate surface area is 127 Å². The molecule has 0 aliphatic carbocycles. The van der Waals surface area contributed by atoms with E-state index in [-0.39, 0.29) is 5.75 Å². The lowest BCUT2D eigenvalue weighted by molar-refractivity contribution is 0.378. The van der Waals surface area contributed by atoms with Crippen LogP contribution in [0.15, 0.2) is 29.2 Å². The van der Waals surface area contributed by atoms with E-state index >= 15 is 0 Å². The van der Waals surface area contributed by atoms with Gasteiger partial charge >= 0.3 is 0 Å². The molecule has 2 N–H and O–H groups in total. The van der Waals surface area contributed by atoms with Crippen LogP contribution in [0.5, 0.6) is 0 Å². The van der Waals surface area contributed by atoms with Gasteiger partial charge in [0.05, 0.1) is 10.6 Å². The summed E-state index contributed by atoms with van der Waals surface area (Å²) in [6.07, 6.45) is 5.55. The molecule has 2 heterocycles. The molecule has 2 unspecified atom stereocenters. The van der Waals surface area contributed by atoms with Crippen molar-refractivity contribution in [1.29, 1.82) is 0 Å². The zero-order valence-corrected chi connectivity index (χ0v) is 13.3. The Balaban J connectivity index is 1.65. The molecule has 2 aliphatic rings. The molecule has 1 aromatic carbocycles. The molecule has 4 nitrogen and oxygen atoms in total. The van der Waals surface area contributed by atoms with E-state index in [2.05, 4.69) is 10.6 Å². The van der Waals surface area contributed by atoms with E-state index in [0.717, 1.165) is 18.5 Å². The van der Waals surface area contributed by atoms with E-state index in [0.29, 0.717) is 29.4 Å². The number of benzene rings is 1. The third-order valence-electron chi connectivity index (χ3n) is 4.53. The van der Waals surface area contributed by atoms with E-state index in [1.165, 1.54) is 12.8 Å². The second-order valence-corrected chi connectivity index (χ2v) is 8.40. The summed E-state index contributed by atoms with van der Waals surface area (Å²) in [5, 5.41) is 7.19. The standard InChI is InChI=1S/C16H24N2O2S/c1-2-9-21(19,20)16-7-5-12(6-8-16)17-15-10-13-3-4-14(11-15)18-13/h5-8,13-15,17-18H,2-4,9-11H2,1H3. The van der Waals surface area contributed by atoms with Gasteiger partial charge in [0.15, 0.2) is 9.84 Å². The first-order valence-corrected chi connectivity index (χ1v) is 9.57. The van der Waals surface area contributed by atoms with Gasteiger partial charge in [-0.1, -0.05) is 6.92 Å². The third kappa shape index (κ3) is 3.40. The quantitative estimate of drug-likeness (QED) is 0.878. The predicted octanol–water partition coefficient (Wildman–Crippen LogP) is 2.57. The fourth-order valence-corrected chi connectivity index (χ4v) is 4.88. The Kier molecular flexibility index (Phi) is 4.22. The molecule has 1 aromatic rings.